The second kappa shape index (κ2) is 9.03. The summed E-state index contributed by atoms with van der Waals surface area (Å²) < 4.78 is 19.7. The van der Waals surface area contributed by atoms with Crippen LogP contribution in [0.1, 0.15) is 30.4 Å². The zero-order chi connectivity index (χ0) is 21.1. The van der Waals surface area contributed by atoms with Gasteiger partial charge in [0, 0.05) is 56.7 Å². The van der Waals surface area contributed by atoms with Crippen LogP contribution in [0.5, 0.6) is 5.75 Å². The molecule has 0 saturated carbocycles. The van der Waals surface area contributed by atoms with Gasteiger partial charge in [0.25, 0.3) is 0 Å². The van der Waals surface area contributed by atoms with Gasteiger partial charge in [-0.15, -0.1) is 0 Å². The molecule has 1 spiro atoms. The Kier molecular flexibility index (Phi) is 5.99. The number of aromatic nitrogens is 1. The minimum Gasteiger partial charge on any atom is -0.497 e. The number of rotatable bonds is 7. The Hall–Kier alpha value is -2.34. The third-order valence-corrected chi connectivity index (χ3v) is 6.70. The maximum atomic E-state index is 5.89. The number of likely N-dealkylation sites (tertiary alicyclic amines) is 1. The van der Waals surface area contributed by atoms with Crippen molar-refractivity contribution in [2.24, 2.45) is 0 Å². The highest BCUT2D eigenvalue weighted by atomic mass is 16.7. The number of aryl methyl sites for hydroxylation is 2. The summed E-state index contributed by atoms with van der Waals surface area (Å²) in [6.45, 7) is 5.46. The Balaban J connectivity index is 1.31. The highest BCUT2D eigenvalue weighted by Crippen LogP contribution is 2.33. The normalized spacial score (nSPS) is 18.7. The van der Waals surface area contributed by atoms with Gasteiger partial charge in [-0.25, -0.2) is 0 Å². The molecule has 2 aromatic carbocycles. The van der Waals surface area contributed by atoms with Crippen molar-refractivity contribution in [2.45, 2.75) is 44.6 Å². The van der Waals surface area contributed by atoms with Gasteiger partial charge in [0.15, 0.2) is 5.79 Å². The molecule has 31 heavy (non-hydrogen) atoms. The summed E-state index contributed by atoms with van der Waals surface area (Å²) in [5, 5.41) is 1.33. The summed E-state index contributed by atoms with van der Waals surface area (Å²) >= 11 is 0. The maximum Gasteiger partial charge on any atom is 0.170 e. The first-order chi connectivity index (χ1) is 15.2. The lowest BCUT2D eigenvalue weighted by molar-refractivity contribution is -0.185. The smallest absolute Gasteiger partial charge is 0.170 e. The van der Waals surface area contributed by atoms with Crippen LogP contribution < -0.4 is 4.74 Å². The van der Waals surface area contributed by atoms with E-state index in [1.807, 2.05) is 0 Å². The van der Waals surface area contributed by atoms with Crippen LogP contribution >= 0.6 is 0 Å². The predicted octanol–water partition coefficient (Wildman–Crippen LogP) is 4.62. The molecular weight excluding hydrogens is 388 g/mol. The lowest BCUT2D eigenvalue weighted by Gasteiger charge is -2.37. The van der Waals surface area contributed by atoms with Gasteiger partial charge in [0.2, 0.25) is 0 Å². The van der Waals surface area contributed by atoms with Gasteiger partial charge in [-0.1, -0.05) is 30.3 Å². The van der Waals surface area contributed by atoms with Gasteiger partial charge >= 0.3 is 0 Å². The van der Waals surface area contributed by atoms with Gasteiger partial charge in [0.1, 0.15) is 5.75 Å². The minimum absolute atomic E-state index is 0.310. The molecule has 164 valence electrons. The lowest BCUT2D eigenvalue weighted by Crippen LogP contribution is -2.44. The Morgan fingerprint density at radius 3 is 2.52 bits per heavy atom. The molecule has 3 heterocycles. The number of hydrogen-bond acceptors (Lipinski definition) is 4. The molecule has 0 radical (unpaired) electrons. The number of ether oxygens (including phenoxy) is 3. The Morgan fingerprint density at radius 2 is 1.77 bits per heavy atom. The molecule has 0 atom stereocenters. The van der Waals surface area contributed by atoms with Crippen LogP contribution in [0.2, 0.25) is 0 Å². The molecule has 1 aromatic heterocycles. The molecule has 0 N–H and O–H groups in total. The molecule has 2 aliphatic rings. The largest absolute Gasteiger partial charge is 0.497 e. The van der Waals surface area contributed by atoms with Crippen LogP contribution in [-0.4, -0.2) is 48.7 Å². The fourth-order valence-electron chi connectivity index (χ4n) is 4.96. The van der Waals surface area contributed by atoms with Crippen molar-refractivity contribution in [1.82, 2.24) is 9.47 Å². The average Bonchev–Trinajstić information content (AvgIpc) is 3.41. The molecular formula is C26H32N2O3. The Labute approximate surface area is 184 Å². The lowest BCUT2D eigenvalue weighted by atomic mass is 10.0. The van der Waals surface area contributed by atoms with Crippen molar-refractivity contribution in [1.29, 1.82) is 0 Å². The number of piperidine rings is 1. The molecule has 5 rings (SSSR count). The molecule has 3 aromatic rings. The van der Waals surface area contributed by atoms with E-state index in [-0.39, 0.29) is 5.79 Å². The van der Waals surface area contributed by atoms with Gasteiger partial charge in [0.05, 0.1) is 25.8 Å². The molecule has 0 bridgehead atoms. The van der Waals surface area contributed by atoms with Crippen molar-refractivity contribution in [3.8, 4) is 5.75 Å². The van der Waals surface area contributed by atoms with E-state index in [2.05, 4.69) is 64.2 Å². The van der Waals surface area contributed by atoms with Crippen LogP contribution in [0.15, 0.2) is 54.7 Å². The fourth-order valence-corrected chi connectivity index (χ4v) is 4.96. The molecule has 0 amide bonds. The van der Waals surface area contributed by atoms with E-state index in [0.717, 1.165) is 70.8 Å². The van der Waals surface area contributed by atoms with E-state index in [4.69, 9.17) is 14.2 Å². The third kappa shape index (κ3) is 4.49. The first-order valence-corrected chi connectivity index (χ1v) is 11.4. The van der Waals surface area contributed by atoms with Crippen LogP contribution in [0.3, 0.4) is 0 Å². The maximum absolute atomic E-state index is 5.89. The number of fused-ring (bicyclic) bond motifs is 1. The third-order valence-electron chi connectivity index (χ3n) is 6.70. The molecule has 2 saturated heterocycles. The molecule has 0 aliphatic carbocycles. The Morgan fingerprint density at radius 1 is 1.00 bits per heavy atom. The quantitative estimate of drug-likeness (QED) is 0.559. The highest BCUT2D eigenvalue weighted by molar-refractivity contribution is 5.85. The SMILES string of the molecule is COc1ccc2c(CN3CCC4(CC3)OCCO4)cn(CCCc3ccccc3)c2c1. The van der Waals surface area contributed by atoms with Crippen LogP contribution in [0.4, 0.5) is 0 Å². The fraction of sp³-hybridized carbons (Fsp3) is 0.462. The zero-order valence-corrected chi connectivity index (χ0v) is 18.4. The minimum atomic E-state index is -0.310. The number of methoxy groups -OCH3 is 1. The van der Waals surface area contributed by atoms with E-state index < -0.39 is 0 Å². The summed E-state index contributed by atoms with van der Waals surface area (Å²) in [5.41, 5.74) is 4.05. The van der Waals surface area contributed by atoms with Gasteiger partial charge in [-0.05, 0) is 36.1 Å². The highest BCUT2D eigenvalue weighted by Gasteiger charge is 2.39. The number of benzene rings is 2. The summed E-state index contributed by atoms with van der Waals surface area (Å²) in [5.74, 6) is 0.604. The van der Waals surface area contributed by atoms with Gasteiger partial charge in [-0.3, -0.25) is 4.90 Å². The van der Waals surface area contributed by atoms with E-state index in [1.54, 1.807) is 7.11 Å². The molecule has 5 nitrogen and oxygen atoms in total. The molecule has 0 unspecified atom stereocenters. The van der Waals surface area contributed by atoms with Crippen molar-refractivity contribution in [3.05, 3.63) is 65.9 Å². The van der Waals surface area contributed by atoms with Gasteiger partial charge in [-0.2, -0.15) is 0 Å². The predicted molar refractivity (Wildman–Crippen MR) is 122 cm³/mol. The van der Waals surface area contributed by atoms with E-state index in [0.29, 0.717) is 0 Å². The molecule has 2 fully saturated rings. The number of nitrogens with zero attached hydrogens (tertiary/aromatic N) is 2. The second-order valence-corrected chi connectivity index (χ2v) is 8.70. The van der Waals surface area contributed by atoms with E-state index >= 15 is 0 Å². The first-order valence-electron chi connectivity index (χ1n) is 11.4. The van der Waals surface area contributed by atoms with E-state index in [1.165, 1.54) is 22.0 Å². The monoisotopic (exact) mass is 420 g/mol. The summed E-state index contributed by atoms with van der Waals surface area (Å²) in [6, 6.07) is 17.2. The van der Waals surface area contributed by atoms with Gasteiger partial charge < -0.3 is 18.8 Å². The van der Waals surface area contributed by atoms with Crippen molar-refractivity contribution in [3.63, 3.8) is 0 Å². The standard InChI is InChI=1S/C26H32N2O3/c1-29-23-9-10-24-22(19-27-14-11-26(12-15-27)30-16-17-31-26)20-28(25(24)18-23)13-5-8-21-6-3-2-4-7-21/h2-4,6-7,9-10,18,20H,5,8,11-17,19H2,1H3. The Bertz CT molecular complexity index is 998. The van der Waals surface area contributed by atoms with Crippen molar-refractivity contribution < 1.29 is 14.2 Å². The van der Waals surface area contributed by atoms with Crippen LogP contribution in [0, 0.1) is 0 Å². The second-order valence-electron chi connectivity index (χ2n) is 8.70. The van der Waals surface area contributed by atoms with Crippen molar-refractivity contribution >= 4 is 10.9 Å². The van der Waals surface area contributed by atoms with Crippen LogP contribution in [-0.2, 0) is 29.0 Å². The van der Waals surface area contributed by atoms with Crippen LogP contribution in [0.25, 0.3) is 10.9 Å². The molecule has 5 heteroatoms. The molecule has 2 aliphatic heterocycles. The van der Waals surface area contributed by atoms with E-state index in [9.17, 15) is 0 Å². The summed E-state index contributed by atoms with van der Waals surface area (Å²) in [7, 11) is 1.74. The zero-order valence-electron chi connectivity index (χ0n) is 18.4. The summed E-state index contributed by atoms with van der Waals surface area (Å²) in [6.07, 6.45) is 6.47. The van der Waals surface area contributed by atoms with Crippen molar-refractivity contribution in [2.75, 3.05) is 33.4 Å². The topological polar surface area (TPSA) is 35.9 Å². The number of hydrogen-bond donors (Lipinski definition) is 0. The summed E-state index contributed by atoms with van der Waals surface area (Å²) in [4.78, 5) is 2.53. The first kappa shape index (κ1) is 20.6. The average molecular weight is 421 g/mol.